The number of nitrogens with one attached hydrogen (secondary N) is 2. The van der Waals surface area contributed by atoms with Crippen molar-refractivity contribution in [2.24, 2.45) is 17.8 Å². The molecule has 1 amide bonds. The van der Waals surface area contributed by atoms with Gasteiger partial charge in [0.15, 0.2) is 0 Å². The van der Waals surface area contributed by atoms with Crippen LogP contribution in [-0.2, 0) is 10.3 Å². The van der Waals surface area contributed by atoms with E-state index in [0.29, 0.717) is 34.3 Å². The van der Waals surface area contributed by atoms with Crippen LogP contribution in [0.2, 0.25) is 0 Å². The normalized spacial score (nSPS) is 25.6. The zero-order valence-corrected chi connectivity index (χ0v) is 14.1. The summed E-state index contributed by atoms with van der Waals surface area (Å²) >= 11 is 0. The highest BCUT2D eigenvalue weighted by molar-refractivity contribution is 5.86. The summed E-state index contributed by atoms with van der Waals surface area (Å²) in [4.78, 5) is 21.4. The van der Waals surface area contributed by atoms with Crippen LogP contribution in [0.4, 0.5) is 4.39 Å². The number of hydrogen-bond acceptors (Lipinski definition) is 4. The molecule has 1 aromatic heterocycles. The Morgan fingerprint density at radius 1 is 1.29 bits per heavy atom. The summed E-state index contributed by atoms with van der Waals surface area (Å²) < 4.78 is 14.1. The SMILES string of the molecule is Cc1nc(C(C)(C)NC(=O)C2[C@H]3CNC[C@@H]23)c2cccc(F)c2n1. The number of carbonyl (C=O) groups is 1. The second-order valence-electron chi connectivity index (χ2n) is 7.38. The van der Waals surface area contributed by atoms with E-state index in [-0.39, 0.29) is 17.6 Å². The maximum absolute atomic E-state index is 14.1. The van der Waals surface area contributed by atoms with Crippen molar-refractivity contribution in [3.05, 3.63) is 35.5 Å². The Kier molecular flexibility index (Phi) is 3.35. The number of aryl methyl sites for hydroxylation is 1. The number of hydrogen-bond donors (Lipinski definition) is 2. The van der Waals surface area contributed by atoms with E-state index in [0.717, 1.165) is 13.1 Å². The fraction of sp³-hybridized carbons (Fsp3) is 0.500. The lowest BCUT2D eigenvalue weighted by molar-refractivity contribution is -0.124. The Labute approximate surface area is 140 Å². The van der Waals surface area contributed by atoms with E-state index in [4.69, 9.17) is 0 Å². The van der Waals surface area contributed by atoms with Crippen LogP contribution >= 0.6 is 0 Å². The van der Waals surface area contributed by atoms with E-state index < -0.39 is 5.54 Å². The van der Waals surface area contributed by atoms with Crippen molar-refractivity contribution >= 4 is 16.8 Å². The lowest BCUT2D eigenvalue weighted by atomic mass is 9.95. The van der Waals surface area contributed by atoms with E-state index in [1.807, 2.05) is 13.8 Å². The number of para-hydroxylation sites is 1. The standard InChI is InChI=1S/C18H21FN4O/c1-9-21-15-10(5-4-6-13(15)19)16(22-9)18(2,3)23-17(24)14-11-7-20-8-12(11)14/h4-6,11-12,14,20H,7-8H2,1-3H3,(H,23,24)/t11-,12+,14?. The topological polar surface area (TPSA) is 66.9 Å². The highest BCUT2D eigenvalue weighted by Crippen LogP contribution is 2.49. The summed E-state index contributed by atoms with van der Waals surface area (Å²) in [6.07, 6.45) is 0. The van der Waals surface area contributed by atoms with Gasteiger partial charge in [0.25, 0.3) is 0 Å². The predicted octanol–water partition coefficient (Wildman–Crippen LogP) is 1.89. The minimum atomic E-state index is -0.693. The van der Waals surface area contributed by atoms with E-state index in [9.17, 15) is 9.18 Å². The van der Waals surface area contributed by atoms with Gasteiger partial charge < -0.3 is 10.6 Å². The fourth-order valence-electron chi connectivity index (χ4n) is 3.96. The number of aromatic nitrogens is 2. The molecule has 2 aliphatic rings. The van der Waals surface area contributed by atoms with Gasteiger partial charge in [-0.2, -0.15) is 0 Å². The summed E-state index contributed by atoms with van der Waals surface area (Å²) in [5, 5.41) is 7.06. The number of benzene rings is 1. The molecule has 4 rings (SSSR count). The summed E-state index contributed by atoms with van der Waals surface area (Å²) in [6, 6.07) is 4.84. The average Bonchev–Trinajstić information content (AvgIpc) is 3.01. The fourth-order valence-corrected chi connectivity index (χ4v) is 3.96. The predicted molar refractivity (Wildman–Crippen MR) is 88.7 cm³/mol. The molecule has 1 aliphatic heterocycles. The average molecular weight is 328 g/mol. The van der Waals surface area contributed by atoms with Crippen molar-refractivity contribution in [3.8, 4) is 0 Å². The van der Waals surface area contributed by atoms with Gasteiger partial charge in [0.1, 0.15) is 17.2 Å². The van der Waals surface area contributed by atoms with Crippen LogP contribution in [0.15, 0.2) is 18.2 Å². The molecule has 1 saturated heterocycles. The highest BCUT2D eigenvalue weighted by atomic mass is 19.1. The molecule has 0 radical (unpaired) electrons. The summed E-state index contributed by atoms with van der Waals surface area (Å²) in [5.41, 5.74) is 0.262. The minimum absolute atomic E-state index is 0.0670. The molecule has 1 unspecified atom stereocenters. The zero-order valence-electron chi connectivity index (χ0n) is 14.1. The second-order valence-corrected chi connectivity index (χ2v) is 7.38. The Hall–Kier alpha value is -2.08. The first-order chi connectivity index (χ1) is 11.4. The second kappa shape index (κ2) is 5.21. The van der Waals surface area contributed by atoms with Crippen LogP contribution in [-0.4, -0.2) is 29.0 Å². The third-order valence-corrected chi connectivity index (χ3v) is 5.21. The van der Waals surface area contributed by atoms with E-state index in [1.54, 1.807) is 19.1 Å². The van der Waals surface area contributed by atoms with Crippen molar-refractivity contribution in [3.63, 3.8) is 0 Å². The van der Waals surface area contributed by atoms with Crippen LogP contribution in [0.5, 0.6) is 0 Å². The van der Waals surface area contributed by atoms with Gasteiger partial charge in [0.2, 0.25) is 5.91 Å². The van der Waals surface area contributed by atoms with Gasteiger partial charge in [0, 0.05) is 11.3 Å². The largest absolute Gasteiger partial charge is 0.345 e. The first-order valence-electron chi connectivity index (χ1n) is 8.34. The third kappa shape index (κ3) is 2.36. The molecule has 0 bridgehead atoms. The molecule has 1 aliphatic carbocycles. The van der Waals surface area contributed by atoms with Crippen LogP contribution < -0.4 is 10.6 Å². The van der Waals surface area contributed by atoms with Crippen molar-refractivity contribution in [2.75, 3.05) is 13.1 Å². The molecule has 1 aromatic carbocycles. The lowest BCUT2D eigenvalue weighted by Gasteiger charge is -2.27. The molecule has 2 aromatic rings. The van der Waals surface area contributed by atoms with Gasteiger partial charge in [-0.15, -0.1) is 0 Å². The smallest absolute Gasteiger partial charge is 0.224 e. The number of rotatable bonds is 3. The van der Waals surface area contributed by atoms with Crippen LogP contribution in [0.25, 0.3) is 10.9 Å². The van der Waals surface area contributed by atoms with Crippen LogP contribution in [0.1, 0.15) is 25.4 Å². The monoisotopic (exact) mass is 328 g/mol. The van der Waals surface area contributed by atoms with E-state index >= 15 is 0 Å². The van der Waals surface area contributed by atoms with Crippen molar-refractivity contribution < 1.29 is 9.18 Å². The molecular weight excluding hydrogens is 307 g/mol. The van der Waals surface area contributed by atoms with Gasteiger partial charge in [-0.1, -0.05) is 12.1 Å². The van der Waals surface area contributed by atoms with Crippen molar-refractivity contribution in [1.82, 2.24) is 20.6 Å². The molecule has 3 atom stereocenters. The Balaban J connectivity index is 1.68. The van der Waals surface area contributed by atoms with E-state index in [1.165, 1.54) is 6.07 Å². The number of carbonyl (C=O) groups excluding carboxylic acids is 1. The molecular formula is C18H21FN4O. The van der Waals surface area contributed by atoms with Gasteiger partial charge in [-0.25, -0.2) is 14.4 Å². The quantitative estimate of drug-likeness (QED) is 0.903. The number of fused-ring (bicyclic) bond motifs is 2. The summed E-state index contributed by atoms with van der Waals surface area (Å²) in [5.74, 6) is 1.21. The molecule has 1 saturated carbocycles. The number of nitrogens with zero attached hydrogens (tertiary/aromatic N) is 2. The van der Waals surface area contributed by atoms with Crippen LogP contribution in [0.3, 0.4) is 0 Å². The third-order valence-electron chi connectivity index (χ3n) is 5.21. The number of amides is 1. The zero-order chi connectivity index (χ0) is 17.1. The minimum Gasteiger partial charge on any atom is -0.345 e. The Morgan fingerprint density at radius 2 is 2.00 bits per heavy atom. The van der Waals surface area contributed by atoms with Gasteiger partial charge in [-0.05, 0) is 51.8 Å². The highest BCUT2D eigenvalue weighted by Gasteiger charge is 2.57. The summed E-state index contributed by atoms with van der Waals surface area (Å²) in [6.45, 7) is 7.40. The number of piperidine rings is 1. The Bertz CT molecular complexity index is 825. The first kappa shape index (κ1) is 15.4. The molecule has 126 valence electrons. The summed E-state index contributed by atoms with van der Waals surface area (Å²) in [7, 11) is 0. The van der Waals surface area contributed by atoms with E-state index in [2.05, 4.69) is 20.6 Å². The molecule has 2 heterocycles. The van der Waals surface area contributed by atoms with Gasteiger partial charge in [-0.3, -0.25) is 4.79 Å². The molecule has 5 nitrogen and oxygen atoms in total. The molecule has 2 N–H and O–H groups in total. The molecule has 2 fully saturated rings. The number of halogens is 1. The van der Waals surface area contributed by atoms with Crippen molar-refractivity contribution in [2.45, 2.75) is 26.3 Å². The molecule has 0 spiro atoms. The Morgan fingerprint density at radius 3 is 2.71 bits per heavy atom. The molecule has 6 heteroatoms. The lowest BCUT2D eigenvalue weighted by Crippen LogP contribution is -2.44. The maximum Gasteiger partial charge on any atom is 0.224 e. The first-order valence-corrected chi connectivity index (χ1v) is 8.34. The van der Waals surface area contributed by atoms with Crippen molar-refractivity contribution in [1.29, 1.82) is 0 Å². The maximum atomic E-state index is 14.1. The van der Waals surface area contributed by atoms with Gasteiger partial charge >= 0.3 is 0 Å². The van der Waals surface area contributed by atoms with Gasteiger partial charge in [0.05, 0.1) is 11.2 Å². The van der Waals surface area contributed by atoms with Crippen LogP contribution in [0, 0.1) is 30.5 Å². The molecule has 24 heavy (non-hydrogen) atoms.